The number of allylic oxidation sites excluding steroid dienone is 2. The quantitative estimate of drug-likeness (QED) is 0.411. The Bertz CT molecular complexity index is 1050. The lowest BCUT2D eigenvalue weighted by atomic mass is 9.38. The smallest absolute Gasteiger partial charge is 0.170 e. The molecule has 4 aliphatic rings. The highest BCUT2D eigenvalue weighted by atomic mass is 16.3. The van der Waals surface area contributed by atoms with Gasteiger partial charge in [-0.2, -0.15) is 0 Å². The molecule has 0 aromatic carbocycles. The highest BCUT2D eigenvalue weighted by Crippen LogP contribution is 2.74. The summed E-state index contributed by atoms with van der Waals surface area (Å²) in [6, 6.07) is 0. The van der Waals surface area contributed by atoms with Crippen molar-refractivity contribution in [2.75, 3.05) is 0 Å². The summed E-state index contributed by atoms with van der Waals surface area (Å²) in [5, 5.41) is 43.9. The van der Waals surface area contributed by atoms with Crippen LogP contribution in [0.4, 0.5) is 0 Å². The van der Waals surface area contributed by atoms with Crippen molar-refractivity contribution in [1.82, 2.24) is 0 Å². The van der Waals surface area contributed by atoms with Crippen LogP contribution >= 0.6 is 0 Å². The van der Waals surface area contributed by atoms with E-state index in [2.05, 4.69) is 13.0 Å². The second kappa shape index (κ2) is 8.30. The summed E-state index contributed by atoms with van der Waals surface area (Å²) in [5.74, 6) is -1.96. The molecule has 37 heavy (non-hydrogen) atoms. The highest BCUT2D eigenvalue weighted by Gasteiger charge is 2.74. The fourth-order valence-electron chi connectivity index (χ4n) is 9.24. The molecule has 7 nitrogen and oxygen atoms in total. The Morgan fingerprint density at radius 1 is 1.03 bits per heavy atom. The summed E-state index contributed by atoms with van der Waals surface area (Å²) in [6.45, 7) is 14.3. The number of fused-ring (bicyclic) bond motifs is 5. The minimum atomic E-state index is -1.86. The fraction of sp³-hybridized carbons (Fsp3) is 0.833. The Morgan fingerprint density at radius 2 is 1.62 bits per heavy atom. The number of Topliss-reactive ketones (excluding diaryl/α,β-unsaturated/α-hetero) is 3. The van der Waals surface area contributed by atoms with E-state index in [0.717, 1.165) is 5.57 Å². The van der Waals surface area contributed by atoms with E-state index in [-0.39, 0.29) is 49.1 Å². The van der Waals surface area contributed by atoms with E-state index in [1.807, 2.05) is 27.7 Å². The molecule has 0 spiro atoms. The summed E-state index contributed by atoms with van der Waals surface area (Å²) in [6.07, 6.45) is 1.33. The monoisotopic (exact) mass is 518 g/mol. The lowest BCUT2D eigenvalue weighted by Crippen LogP contribution is -2.65. The second-order valence-corrected chi connectivity index (χ2v) is 14.6. The molecule has 3 fully saturated rings. The zero-order valence-corrected chi connectivity index (χ0v) is 23.7. The Labute approximate surface area is 220 Å². The number of rotatable bonds is 5. The van der Waals surface area contributed by atoms with E-state index in [9.17, 15) is 34.8 Å². The molecule has 0 heterocycles. The highest BCUT2D eigenvalue weighted by molar-refractivity contribution is 5.95. The molecule has 0 aliphatic heterocycles. The van der Waals surface area contributed by atoms with Gasteiger partial charge in [-0.25, -0.2) is 0 Å². The predicted octanol–water partition coefficient (Wildman–Crippen LogP) is 3.15. The maximum Gasteiger partial charge on any atom is 0.170 e. The zero-order chi connectivity index (χ0) is 28.1. The molecule has 9 atom stereocenters. The van der Waals surface area contributed by atoms with E-state index < -0.39 is 56.8 Å². The van der Waals surface area contributed by atoms with Crippen LogP contribution in [0.25, 0.3) is 0 Å². The second-order valence-electron chi connectivity index (χ2n) is 14.6. The van der Waals surface area contributed by atoms with Crippen LogP contribution in [0, 0.1) is 39.4 Å². The van der Waals surface area contributed by atoms with Crippen LogP contribution < -0.4 is 0 Å². The number of aliphatic hydroxyl groups is 4. The molecule has 0 radical (unpaired) electrons. The molecule has 208 valence electrons. The molecule has 0 saturated heterocycles. The van der Waals surface area contributed by atoms with Crippen molar-refractivity contribution in [2.24, 2.45) is 39.4 Å². The lowest BCUT2D eigenvalue weighted by Gasteiger charge is -2.64. The van der Waals surface area contributed by atoms with Crippen LogP contribution in [0.2, 0.25) is 0 Å². The van der Waals surface area contributed by atoms with Crippen molar-refractivity contribution >= 4 is 17.3 Å². The van der Waals surface area contributed by atoms with Gasteiger partial charge in [-0.15, -0.1) is 0 Å². The van der Waals surface area contributed by atoms with Gasteiger partial charge < -0.3 is 20.4 Å². The van der Waals surface area contributed by atoms with Crippen molar-refractivity contribution < 1.29 is 34.8 Å². The molecule has 4 N–H and O–H groups in total. The van der Waals surface area contributed by atoms with Gasteiger partial charge >= 0.3 is 0 Å². The van der Waals surface area contributed by atoms with E-state index in [0.29, 0.717) is 12.8 Å². The summed E-state index contributed by atoms with van der Waals surface area (Å²) in [5.41, 5.74) is -5.10. The standard InChI is InChI=1S/C30H46O7/c1-25(2,36)12-11-21(33)30(8,37)23-19(32)14-27(5)20-10-9-16-17(13-18(31)24(35)26(16,3)4)29(20,7)22(34)15-28(23,27)6/h9,17-20,23,31-32,36-37H,10-15H2,1-8H3/t17-,18+,19-,20+,23?,27+,28-,29+,30?/m1/s1. The summed E-state index contributed by atoms with van der Waals surface area (Å²) >= 11 is 0. The normalized spacial score (nSPS) is 44.9. The first-order chi connectivity index (χ1) is 16.7. The molecule has 4 rings (SSSR count). The van der Waals surface area contributed by atoms with Gasteiger partial charge in [-0.1, -0.05) is 32.4 Å². The summed E-state index contributed by atoms with van der Waals surface area (Å²) in [4.78, 5) is 40.4. The molecule has 4 aliphatic carbocycles. The SMILES string of the molecule is CC(C)(O)CCC(=O)C(C)(O)C1[C@H](O)C[C@@]2(C)[C@@H]3CC=C4[C@@H](C[C@H](O)C(=O)C4(C)C)[C@]3(C)C(=O)C[C@]12C. The minimum Gasteiger partial charge on any atom is -0.393 e. The van der Waals surface area contributed by atoms with Gasteiger partial charge in [0.1, 0.15) is 17.5 Å². The fourth-order valence-corrected chi connectivity index (χ4v) is 9.24. The molecule has 0 bridgehead atoms. The van der Waals surface area contributed by atoms with Gasteiger partial charge in [0.25, 0.3) is 0 Å². The number of hydrogen-bond acceptors (Lipinski definition) is 7. The molecule has 0 aromatic rings. The zero-order valence-electron chi connectivity index (χ0n) is 23.7. The van der Waals surface area contributed by atoms with Gasteiger partial charge in [0.2, 0.25) is 0 Å². The van der Waals surface area contributed by atoms with Gasteiger partial charge in [-0.05, 0) is 83.0 Å². The van der Waals surface area contributed by atoms with Crippen LogP contribution in [0.1, 0.15) is 93.9 Å². The maximum atomic E-state index is 14.2. The number of carbonyl (C=O) groups excluding carboxylic acids is 3. The molecule has 0 aromatic heterocycles. The molecular weight excluding hydrogens is 472 g/mol. The van der Waals surface area contributed by atoms with Crippen molar-refractivity contribution in [3.63, 3.8) is 0 Å². The Balaban J connectivity index is 1.77. The van der Waals surface area contributed by atoms with Crippen molar-refractivity contribution in [3.8, 4) is 0 Å². The minimum absolute atomic E-state index is 0.00395. The molecule has 7 heteroatoms. The van der Waals surface area contributed by atoms with Gasteiger partial charge in [0.05, 0.1) is 11.7 Å². The number of carbonyl (C=O) groups is 3. The van der Waals surface area contributed by atoms with Crippen LogP contribution in [0.5, 0.6) is 0 Å². The average molecular weight is 519 g/mol. The molecule has 3 saturated carbocycles. The first-order valence-electron chi connectivity index (χ1n) is 13.8. The summed E-state index contributed by atoms with van der Waals surface area (Å²) < 4.78 is 0. The van der Waals surface area contributed by atoms with Gasteiger partial charge in [-0.3, -0.25) is 14.4 Å². The average Bonchev–Trinajstić information content (AvgIpc) is 2.96. The third-order valence-corrected chi connectivity index (χ3v) is 11.5. The first kappa shape index (κ1) is 28.6. The van der Waals surface area contributed by atoms with Gasteiger partial charge in [0.15, 0.2) is 11.6 Å². The third-order valence-electron chi connectivity index (χ3n) is 11.5. The van der Waals surface area contributed by atoms with Crippen molar-refractivity contribution in [2.45, 2.75) is 117 Å². The Hall–Kier alpha value is -1.41. The Kier molecular flexibility index (Phi) is 6.41. The number of hydrogen-bond donors (Lipinski definition) is 4. The van der Waals surface area contributed by atoms with E-state index >= 15 is 0 Å². The largest absolute Gasteiger partial charge is 0.393 e. The molecular formula is C30H46O7. The third kappa shape index (κ3) is 3.78. The van der Waals surface area contributed by atoms with Crippen molar-refractivity contribution in [3.05, 3.63) is 11.6 Å². The van der Waals surface area contributed by atoms with E-state index in [1.165, 1.54) is 6.92 Å². The van der Waals surface area contributed by atoms with E-state index in [1.54, 1.807) is 13.8 Å². The van der Waals surface area contributed by atoms with Crippen molar-refractivity contribution in [1.29, 1.82) is 0 Å². The molecule has 0 amide bonds. The van der Waals surface area contributed by atoms with Crippen LogP contribution in [-0.4, -0.2) is 61.2 Å². The first-order valence-corrected chi connectivity index (χ1v) is 13.8. The topological polar surface area (TPSA) is 132 Å². The predicted molar refractivity (Wildman–Crippen MR) is 138 cm³/mol. The lowest BCUT2D eigenvalue weighted by molar-refractivity contribution is -0.185. The summed E-state index contributed by atoms with van der Waals surface area (Å²) in [7, 11) is 0. The Morgan fingerprint density at radius 3 is 2.19 bits per heavy atom. The van der Waals surface area contributed by atoms with Crippen LogP contribution in [-0.2, 0) is 14.4 Å². The molecule has 2 unspecified atom stereocenters. The van der Waals surface area contributed by atoms with Crippen LogP contribution in [0.15, 0.2) is 11.6 Å². The number of aliphatic hydroxyl groups excluding tert-OH is 2. The van der Waals surface area contributed by atoms with Crippen LogP contribution in [0.3, 0.4) is 0 Å². The maximum absolute atomic E-state index is 14.2. The van der Waals surface area contributed by atoms with E-state index in [4.69, 9.17) is 0 Å². The number of ketones is 3. The van der Waals surface area contributed by atoms with Gasteiger partial charge in [0, 0.05) is 29.6 Å².